The number of hydrogen-bond donors (Lipinski definition) is 0. The lowest BCUT2D eigenvalue weighted by Crippen LogP contribution is -2.43. The molecule has 0 saturated heterocycles. The monoisotopic (exact) mass is 341 g/mol. The van der Waals surface area contributed by atoms with Crippen LogP contribution in [0.1, 0.15) is 26.2 Å². The van der Waals surface area contributed by atoms with Crippen molar-refractivity contribution in [3.05, 3.63) is 43.2 Å². The van der Waals surface area contributed by atoms with E-state index in [1.807, 2.05) is 11.4 Å². The largest absolute Gasteiger partial charge is 0.467 e. The molecule has 1 amide bonds. The van der Waals surface area contributed by atoms with Crippen LogP contribution in [0.25, 0.3) is 0 Å². The summed E-state index contributed by atoms with van der Waals surface area (Å²) in [6.45, 7) is 0.502. The fourth-order valence-electron chi connectivity index (χ4n) is 2.47. The number of fused-ring (bicyclic) bond motifs is 1. The predicted octanol–water partition coefficient (Wildman–Crippen LogP) is 3.38. The van der Waals surface area contributed by atoms with Gasteiger partial charge in [-0.15, -0.1) is 22.7 Å². The minimum Gasteiger partial charge on any atom is -0.467 e. The smallest absolute Gasteiger partial charge is 0.333 e. The highest BCUT2D eigenvalue weighted by atomic mass is 35.5. The molecule has 0 fully saturated rings. The molecule has 2 aromatic rings. The summed E-state index contributed by atoms with van der Waals surface area (Å²) in [6.07, 6.45) is 0.755. The van der Waals surface area contributed by atoms with E-state index >= 15 is 0 Å². The Bertz CT molecular complexity index is 694. The molecule has 0 aliphatic carbocycles. The summed E-state index contributed by atoms with van der Waals surface area (Å²) < 4.78 is 5.44. The third-order valence-corrected chi connectivity index (χ3v) is 5.65. The van der Waals surface area contributed by atoms with Crippen LogP contribution < -0.4 is 0 Å². The van der Waals surface area contributed by atoms with Crippen LogP contribution in [0.3, 0.4) is 0 Å². The van der Waals surface area contributed by atoms with E-state index in [2.05, 4.69) is 0 Å². The van der Waals surface area contributed by atoms with E-state index in [4.69, 9.17) is 16.3 Å². The van der Waals surface area contributed by atoms with Crippen LogP contribution in [-0.2, 0) is 16.0 Å². The van der Waals surface area contributed by atoms with E-state index in [1.54, 1.807) is 28.4 Å². The summed E-state index contributed by atoms with van der Waals surface area (Å²) in [5.41, 5.74) is 0.870. The van der Waals surface area contributed by atoms with Crippen LogP contribution in [0.4, 0.5) is 0 Å². The fourth-order valence-corrected chi connectivity index (χ4v) is 4.37. The predicted molar refractivity (Wildman–Crippen MR) is 83.1 cm³/mol. The number of esters is 1. The second-order valence-corrected chi connectivity index (χ2v) is 7.29. The van der Waals surface area contributed by atoms with Gasteiger partial charge in [-0.1, -0.05) is 11.6 Å². The van der Waals surface area contributed by atoms with E-state index in [9.17, 15) is 9.59 Å². The Morgan fingerprint density at radius 1 is 1.38 bits per heavy atom. The lowest BCUT2D eigenvalue weighted by atomic mass is 9.99. The van der Waals surface area contributed by atoms with Gasteiger partial charge in [0.25, 0.3) is 5.91 Å². The number of nitrogens with zero attached hydrogens (tertiary/aromatic N) is 1. The van der Waals surface area contributed by atoms with Crippen molar-refractivity contribution in [1.82, 2.24) is 4.90 Å². The van der Waals surface area contributed by atoms with Gasteiger partial charge in [-0.3, -0.25) is 4.79 Å². The quantitative estimate of drug-likeness (QED) is 0.787. The lowest BCUT2D eigenvalue weighted by molar-refractivity contribution is -0.146. The maximum absolute atomic E-state index is 12.6. The van der Waals surface area contributed by atoms with Gasteiger partial charge in [0, 0.05) is 11.4 Å². The third kappa shape index (κ3) is 2.59. The van der Waals surface area contributed by atoms with Crippen LogP contribution in [0.5, 0.6) is 0 Å². The first kappa shape index (κ1) is 14.6. The van der Waals surface area contributed by atoms with Gasteiger partial charge in [0.15, 0.2) is 6.04 Å². The zero-order chi connectivity index (χ0) is 15.0. The number of rotatable bonds is 2. The first-order valence-electron chi connectivity index (χ1n) is 6.32. The van der Waals surface area contributed by atoms with E-state index < -0.39 is 12.0 Å². The molecule has 0 N–H and O–H groups in total. The lowest BCUT2D eigenvalue weighted by Gasteiger charge is -2.33. The van der Waals surface area contributed by atoms with Crippen molar-refractivity contribution in [1.29, 1.82) is 0 Å². The number of amides is 1. The van der Waals surface area contributed by atoms with Crippen molar-refractivity contribution in [3.8, 4) is 0 Å². The summed E-state index contributed by atoms with van der Waals surface area (Å²) in [5.74, 6) is -0.593. The Labute approximate surface area is 134 Å². The van der Waals surface area contributed by atoms with E-state index in [0.717, 1.165) is 16.9 Å². The Balaban J connectivity index is 1.97. The molecule has 0 aromatic carbocycles. The molecule has 21 heavy (non-hydrogen) atoms. The second-order valence-electron chi connectivity index (χ2n) is 4.58. The molecule has 3 heterocycles. The summed E-state index contributed by atoms with van der Waals surface area (Å²) in [5, 5.41) is 1.94. The van der Waals surface area contributed by atoms with Gasteiger partial charge < -0.3 is 9.64 Å². The SMILES string of the molecule is COC(=O)C1c2ccsc2CCN1C(=O)c1ccc(Cl)s1. The number of carbonyl (C=O) groups excluding carboxylic acids is 2. The highest BCUT2D eigenvalue weighted by Crippen LogP contribution is 2.36. The maximum atomic E-state index is 12.6. The van der Waals surface area contributed by atoms with Gasteiger partial charge in [-0.05, 0) is 35.6 Å². The van der Waals surface area contributed by atoms with Crippen LogP contribution >= 0.6 is 34.3 Å². The molecule has 110 valence electrons. The number of hydrogen-bond acceptors (Lipinski definition) is 5. The summed E-state index contributed by atoms with van der Waals surface area (Å²) >= 11 is 8.72. The minimum absolute atomic E-state index is 0.181. The first-order valence-corrected chi connectivity index (χ1v) is 8.39. The van der Waals surface area contributed by atoms with Crippen LogP contribution in [0.15, 0.2) is 23.6 Å². The number of carbonyl (C=O) groups is 2. The maximum Gasteiger partial charge on any atom is 0.333 e. The molecule has 2 aromatic heterocycles. The second kappa shape index (κ2) is 5.79. The zero-order valence-corrected chi connectivity index (χ0v) is 13.6. The van der Waals surface area contributed by atoms with Crippen LogP contribution in [0, 0.1) is 0 Å². The molecule has 3 rings (SSSR count). The molecular weight excluding hydrogens is 330 g/mol. The van der Waals surface area contributed by atoms with Crippen LogP contribution in [-0.4, -0.2) is 30.4 Å². The van der Waals surface area contributed by atoms with Gasteiger partial charge in [0.2, 0.25) is 0 Å². The van der Waals surface area contributed by atoms with Crippen molar-refractivity contribution in [3.63, 3.8) is 0 Å². The molecule has 1 atom stereocenters. The summed E-state index contributed by atoms with van der Waals surface area (Å²) in [6, 6.07) is 4.60. The number of ether oxygens (including phenoxy) is 1. The average molecular weight is 342 g/mol. The highest BCUT2D eigenvalue weighted by Gasteiger charge is 2.38. The Morgan fingerprint density at radius 3 is 2.86 bits per heavy atom. The average Bonchev–Trinajstić information content (AvgIpc) is 3.13. The van der Waals surface area contributed by atoms with Gasteiger partial charge in [0.1, 0.15) is 0 Å². The molecule has 1 aliphatic rings. The minimum atomic E-state index is -0.668. The van der Waals surface area contributed by atoms with Crippen molar-refractivity contribution >= 4 is 46.2 Å². The topological polar surface area (TPSA) is 46.6 Å². The fraction of sp³-hybridized carbons (Fsp3) is 0.286. The highest BCUT2D eigenvalue weighted by molar-refractivity contribution is 7.18. The van der Waals surface area contributed by atoms with E-state index in [-0.39, 0.29) is 5.91 Å². The number of thiophene rings is 2. The molecule has 1 aliphatic heterocycles. The standard InChI is InChI=1S/C14H12ClNO3S2/c1-19-14(18)12-8-5-7-20-9(8)4-6-16(12)13(17)10-2-3-11(15)21-10/h2-3,5,7,12H,4,6H2,1H3. The van der Waals surface area contributed by atoms with E-state index in [1.165, 1.54) is 18.4 Å². The summed E-state index contributed by atoms with van der Waals surface area (Å²) in [7, 11) is 1.34. The molecule has 0 spiro atoms. The molecular formula is C14H12ClNO3S2. The van der Waals surface area contributed by atoms with Gasteiger partial charge >= 0.3 is 5.97 Å². The molecule has 1 unspecified atom stereocenters. The van der Waals surface area contributed by atoms with E-state index in [0.29, 0.717) is 15.8 Å². The molecule has 0 bridgehead atoms. The van der Waals surface area contributed by atoms with Crippen molar-refractivity contribution in [2.45, 2.75) is 12.5 Å². The Kier molecular flexibility index (Phi) is 4.01. The normalized spacial score (nSPS) is 17.4. The first-order chi connectivity index (χ1) is 10.1. The van der Waals surface area contributed by atoms with Crippen molar-refractivity contribution in [2.24, 2.45) is 0 Å². The van der Waals surface area contributed by atoms with Gasteiger partial charge in [0.05, 0.1) is 16.3 Å². The third-order valence-electron chi connectivity index (χ3n) is 3.44. The van der Waals surface area contributed by atoms with Crippen molar-refractivity contribution < 1.29 is 14.3 Å². The van der Waals surface area contributed by atoms with Gasteiger partial charge in [-0.2, -0.15) is 0 Å². The zero-order valence-electron chi connectivity index (χ0n) is 11.2. The Hall–Kier alpha value is -1.37. The molecule has 0 radical (unpaired) electrons. The van der Waals surface area contributed by atoms with Crippen molar-refractivity contribution in [2.75, 3.05) is 13.7 Å². The summed E-state index contributed by atoms with van der Waals surface area (Å²) in [4.78, 5) is 28.0. The van der Waals surface area contributed by atoms with Gasteiger partial charge in [-0.25, -0.2) is 4.79 Å². The number of halogens is 1. The molecule has 4 nitrogen and oxygen atoms in total. The molecule has 0 saturated carbocycles. The van der Waals surface area contributed by atoms with Crippen LogP contribution in [0.2, 0.25) is 4.34 Å². The number of methoxy groups -OCH3 is 1. The molecule has 7 heteroatoms. The Morgan fingerprint density at radius 2 is 2.19 bits per heavy atom.